The van der Waals surface area contributed by atoms with Gasteiger partial charge in [-0.25, -0.2) is 4.39 Å². The normalized spacial score (nSPS) is 19.9. The number of hydrogen-bond donors (Lipinski definition) is 0. The van der Waals surface area contributed by atoms with Gasteiger partial charge in [-0.2, -0.15) is 0 Å². The lowest BCUT2D eigenvalue weighted by atomic mass is 10.1. The van der Waals surface area contributed by atoms with Crippen molar-refractivity contribution in [3.05, 3.63) is 35.6 Å². The molecular weight excluding hydrogens is 259 g/mol. The van der Waals surface area contributed by atoms with Crippen molar-refractivity contribution in [2.75, 3.05) is 40.3 Å². The van der Waals surface area contributed by atoms with Crippen LogP contribution in [0.15, 0.2) is 24.3 Å². The van der Waals surface area contributed by atoms with Gasteiger partial charge in [0.2, 0.25) is 5.91 Å². The van der Waals surface area contributed by atoms with Gasteiger partial charge < -0.3 is 9.64 Å². The van der Waals surface area contributed by atoms with E-state index in [1.807, 2.05) is 0 Å². The van der Waals surface area contributed by atoms with Crippen molar-refractivity contribution >= 4 is 5.91 Å². The highest BCUT2D eigenvalue weighted by atomic mass is 19.1. The maximum atomic E-state index is 12.9. The highest BCUT2D eigenvalue weighted by Gasteiger charge is 2.22. The molecule has 20 heavy (non-hydrogen) atoms. The highest BCUT2D eigenvalue weighted by molar-refractivity contribution is 5.77. The zero-order valence-corrected chi connectivity index (χ0v) is 12.0. The summed E-state index contributed by atoms with van der Waals surface area (Å²) in [6.07, 6.45) is 0.802. The molecule has 2 rings (SSSR count). The lowest BCUT2D eigenvalue weighted by molar-refractivity contribution is -0.131. The SMILES string of the molecule is CN(C)C(=O)CN1CCOC(Cc2ccc(F)cc2)C1. The number of morpholine rings is 1. The summed E-state index contributed by atoms with van der Waals surface area (Å²) >= 11 is 0. The predicted octanol–water partition coefficient (Wildman–Crippen LogP) is 1.16. The molecule has 0 aromatic heterocycles. The molecule has 110 valence electrons. The molecule has 5 heteroatoms. The maximum Gasteiger partial charge on any atom is 0.236 e. The number of likely N-dealkylation sites (N-methyl/N-ethyl adjacent to an activating group) is 1. The Balaban J connectivity index is 1.87. The zero-order valence-electron chi connectivity index (χ0n) is 12.0. The van der Waals surface area contributed by atoms with Crippen molar-refractivity contribution in [2.24, 2.45) is 0 Å². The number of amides is 1. The van der Waals surface area contributed by atoms with Crippen molar-refractivity contribution in [3.8, 4) is 0 Å². The second-order valence-electron chi connectivity index (χ2n) is 5.35. The molecule has 1 aromatic carbocycles. The Labute approximate surface area is 119 Å². The van der Waals surface area contributed by atoms with E-state index in [0.29, 0.717) is 13.2 Å². The van der Waals surface area contributed by atoms with Gasteiger partial charge in [0.25, 0.3) is 0 Å². The predicted molar refractivity (Wildman–Crippen MR) is 75.0 cm³/mol. The molecule has 0 saturated carbocycles. The Morgan fingerprint density at radius 2 is 2.10 bits per heavy atom. The van der Waals surface area contributed by atoms with E-state index in [-0.39, 0.29) is 17.8 Å². The molecule has 0 N–H and O–H groups in total. The smallest absolute Gasteiger partial charge is 0.236 e. The first-order valence-corrected chi connectivity index (χ1v) is 6.83. The molecule has 0 spiro atoms. The minimum absolute atomic E-state index is 0.0594. The molecule has 1 aliphatic rings. The first-order chi connectivity index (χ1) is 9.54. The average Bonchev–Trinajstić information content (AvgIpc) is 2.42. The van der Waals surface area contributed by atoms with E-state index < -0.39 is 0 Å². The summed E-state index contributed by atoms with van der Waals surface area (Å²) in [6.45, 7) is 2.57. The van der Waals surface area contributed by atoms with E-state index in [1.165, 1.54) is 12.1 Å². The molecule has 1 amide bonds. The minimum atomic E-state index is -0.225. The number of halogens is 1. The summed E-state index contributed by atoms with van der Waals surface area (Å²) in [5, 5.41) is 0. The van der Waals surface area contributed by atoms with E-state index in [0.717, 1.165) is 25.1 Å². The molecule has 1 unspecified atom stereocenters. The van der Waals surface area contributed by atoms with Crippen molar-refractivity contribution in [3.63, 3.8) is 0 Å². The molecular formula is C15H21FN2O2. The van der Waals surface area contributed by atoms with Crippen LogP contribution in [0.2, 0.25) is 0 Å². The van der Waals surface area contributed by atoms with Crippen LogP contribution >= 0.6 is 0 Å². The van der Waals surface area contributed by atoms with Crippen molar-refractivity contribution in [2.45, 2.75) is 12.5 Å². The molecule has 1 aromatic rings. The maximum absolute atomic E-state index is 12.9. The number of hydrogen-bond acceptors (Lipinski definition) is 3. The van der Waals surface area contributed by atoms with E-state index in [1.54, 1.807) is 31.1 Å². The zero-order chi connectivity index (χ0) is 14.5. The van der Waals surface area contributed by atoms with Crippen LogP contribution in [0.1, 0.15) is 5.56 Å². The molecule has 0 radical (unpaired) electrons. The molecule has 1 aliphatic heterocycles. The molecule has 4 nitrogen and oxygen atoms in total. The largest absolute Gasteiger partial charge is 0.375 e. The lowest BCUT2D eigenvalue weighted by Gasteiger charge is -2.33. The van der Waals surface area contributed by atoms with Crippen LogP contribution in [0.5, 0.6) is 0 Å². The third-order valence-corrected chi connectivity index (χ3v) is 3.46. The van der Waals surface area contributed by atoms with Gasteiger partial charge in [-0.3, -0.25) is 9.69 Å². The monoisotopic (exact) mass is 280 g/mol. The quantitative estimate of drug-likeness (QED) is 0.829. The Kier molecular flexibility index (Phi) is 5.09. The molecule has 1 heterocycles. The number of benzene rings is 1. The van der Waals surface area contributed by atoms with Crippen LogP contribution in [-0.2, 0) is 16.0 Å². The van der Waals surface area contributed by atoms with Crippen LogP contribution in [0.25, 0.3) is 0 Å². The summed E-state index contributed by atoms with van der Waals surface area (Å²) in [5.41, 5.74) is 1.05. The highest BCUT2D eigenvalue weighted by Crippen LogP contribution is 2.12. The van der Waals surface area contributed by atoms with Crippen molar-refractivity contribution in [1.29, 1.82) is 0 Å². The molecule has 1 atom stereocenters. The first kappa shape index (κ1) is 14.9. The van der Waals surface area contributed by atoms with Gasteiger partial charge in [-0.15, -0.1) is 0 Å². The van der Waals surface area contributed by atoms with Crippen molar-refractivity contribution in [1.82, 2.24) is 9.80 Å². The Morgan fingerprint density at radius 3 is 2.75 bits per heavy atom. The fourth-order valence-corrected chi connectivity index (χ4v) is 2.26. The van der Waals surface area contributed by atoms with E-state index in [9.17, 15) is 9.18 Å². The summed E-state index contributed by atoms with van der Waals surface area (Å²) < 4.78 is 18.6. The van der Waals surface area contributed by atoms with E-state index >= 15 is 0 Å². The van der Waals surface area contributed by atoms with Gasteiger partial charge in [0.1, 0.15) is 5.82 Å². The fourth-order valence-electron chi connectivity index (χ4n) is 2.26. The number of rotatable bonds is 4. The average molecular weight is 280 g/mol. The Hall–Kier alpha value is -1.46. The van der Waals surface area contributed by atoms with Gasteiger partial charge in [0, 0.05) is 27.2 Å². The van der Waals surface area contributed by atoms with E-state index in [2.05, 4.69) is 4.90 Å². The Bertz CT molecular complexity index is 448. The first-order valence-electron chi connectivity index (χ1n) is 6.83. The second kappa shape index (κ2) is 6.81. The van der Waals surface area contributed by atoms with Gasteiger partial charge in [-0.1, -0.05) is 12.1 Å². The van der Waals surface area contributed by atoms with Crippen LogP contribution < -0.4 is 0 Å². The second-order valence-corrected chi connectivity index (χ2v) is 5.35. The van der Waals surface area contributed by atoms with Gasteiger partial charge in [0.05, 0.1) is 19.3 Å². The third-order valence-electron chi connectivity index (χ3n) is 3.46. The summed E-state index contributed by atoms with van der Waals surface area (Å²) in [4.78, 5) is 15.4. The topological polar surface area (TPSA) is 32.8 Å². The molecule has 1 fully saturated rings. The van der Waals surface area contributed by atoms with Crippen molar-refractivity contribution < 1.29 is 13.9 Å². The number of nitrogens with zero attached hydrogens (tertiary/aromatic N) is 2. The summed E-state index contributed by atoms with van der Waals surface area (Å²) in [6, 6.07) is 6.49. The van der Waals surface area contributed by atoms with Crippen LogP contribution in [0.4, 0.5) is 4.39 Å². The molecule has 0 aliphatic carbocycles. The van der Waals surface area contributed by atoms with E-state index in [4.69, 9.17) is 4.74 Å². The van der Waals surface area contributed by atoms with Gasteiger partial charge >= 0.3 is 0 Å². The van der Waals surface area contributed by atoms with Crippen LogP contribution in [-0.4, -0.2) is 62.1 Å². The summed E-state index contributed by atoms with van der Waals surface area (Å²) in [7, 11) is 3.53. The molecule has 0 bridgehead atoms. The standard InChI is InChI=1S/C15H21FN2O2/c1-17(2)15(19)11-18-7-8-20-14(10-18)9-12-3-5-13(16)6-4-12/h3-6,14H,7-11H2,1-2H3. The summed E-state index contributed by atoms with van der Waals surface area (Å²) in [5.74, 6) is -0.121. The number of carbonyl (C=O) groups excluding carboxylic acids is 1. The minimum Gasteiger partial charge on any atom is -0.375 e. The van der Waals surface area contributed by atoms with Gasteiger partial charge in [0.15, 0.2) is 0 Å². The van der Waals surface area contributed by atoms with Crippen LogP contribution in [0.3, 0.4) is 0 Å². The number of carbonyl (C=O) groups is 1. The fraction of sp³-hybridized carbons (Fsp3) is 0.533. The van der Waals surface area contributed by atoms with Gasteiger partial charge in [-0.05, 0) is 24.1 Å². The third kappa shape index (κ3) is 4.28. The lowest BCUT2D eigenvalue weighted by Crippen LogP contribution is -2.47. The Morgan fingerprint density at radius 1 is 1.40 bits per heavy atom. The van der Waals surface area contributed by atoms with Crippen LogP contribution in [0, 0.1) is 5.82 Å². The molecule has 1 saturated heterocycles. The number of ether oxygens (including phenoxy) is 1.